The standard InChI is InChI=1S/C5H2BF11O3/c7-1(3(10,11)12,4(13,14)15)2(8,9)5(16,17)20-6(18)19/h18-19H. The van der Waals surface area contributed by atoms with E-state index in [2.05, 4.69) is 4.65 Å². The zero-order valence-corrected chi connectivity index (χ0v) is 8.54. The Morgan fingerprint density at radius 3 is 1.15 bits per heavy atom. The molecule has 0 aliphatic rings. The summed E-state index contributed by atoms with van der Waals surface area (Å²) < 4.78 is 137. The Hall–Kier alpha value is -0.825. The van der Waals surface area contributed by atoms with E-state index in [9.17, 15) is 48.3 Å². The number of hydrogen-bond donors (Lipinski definition) is 2. The van der Waals surface area contributed by atoms with Crippen LogP contribution in [0.4, 0.5) is 48.3 Å². The summed E-state index contributed by atoms with van der Waals surface area (Å²) in [5.74, 6) is -7.54. The van der Waals surface area contributed by atoms with E-state index in [1.807, 2.05) is 0 Å². The molecule has 120 valence electrons. The van der Waals surface area contributed by atoms with Crippen LogP contribution in [0.15, 0.2) is 0 Å². The van der Waals surface area contributed by atoms with E-state index >= 15 is 0 Å². The van der Waals surface area contributed by atoms with Crippen LogP contribution in [-0.2, 0) is 4.65 Å². The van der Waals surface area contributed by atoms with Crippen LogP contribution >= 0.6 is 0 Å². The van der Waals surface area contributed by atoms with Crippen LogP contribution in [-0.4, -0.2) is 47.4 Å². The summed E-state index contributed by atoms with van der Waals surface area (Å²) in [7, 11) is -3.89. The molecule has 0 aliphatic heterocycles. The lowest BCUT2D eigenvalue weighted by Gasteiger charge is -2.38. The van der Waals surface area contributed by atoms with Crippen molar-refractivity contribution in [1.82, 2.24) is 0 Å². The molecular weight excluding hydrogens is 328 g/mol. The first kappa shape index (κ1) is 19.2. The molecule has 0 aromatic heterocycles. The summed E-state index contributed by atoms with van der Waals surface area (Å²) in [6.07, 6.45) is -21.8. The van der Waals surface area contributed by atoms with Crippen LogP contribution in [0.5, 0.6) is 0 Å². The third-order valence-corrected chi connectivity index (χ3v) is 1.83. The molecule has 0 atom stereocenters. The second-order valence-corrected chi connectivity index (χ2v) is 3.19. The fourth-order valence-corrected chi connectivity index (χ4v) is 0.924. The fourth-order valence-electron chi connectivity index (χ4n) is 0.924. The molecule has 0 saturated carbocycles. The van der Waals surface area contributed by atoms with Crippen LogP contribution in [0, 0.1) is 0 Å². The summed E-state index contributed by atoms with van der Waals surface area (Å²) in [6, 6.07) is 0. The van der Waals surface area contributed by atoms with Gasteiger partial charge in [0.05, 0.1) is 0 Å². The lowest BCUT2D eigenvalue weighted by molar-refractivity contribution is -0.453. The van der Waals surface area contributed by atoms with E-state index in [1.165, 1.54) is 0 Å². The lowest BCUT2D eigenvalue weighted by atomic mass is 9.94. The maximum Gasteiger partial charge on any atom is 0.638 e. The molecule has 0 fully saturated rings. The molecule has 0 aromatic rings. The first-order valence-electron chi connectivity index (χ1n) is 4.04. The molecule has 0 saturated heterocycles. The molecule has 0 spiro atoms. The molecule has 0 amide bonds. The Morgan fingerprint density at radius 1 is 0.650 bits per heavy atom. The highest BCUT2D eigenvalue weighted by Crippen LogP contribution is 2.59. The van der Waals surface area contributed by atoms with Crippen molar-refractivity contribution in [1.29, 1.82) is 0 Å². The Kier molecular flexibility index (Phi) is 4.67. The monoisotopic (exact) mass is 330 g/mol. The van der Waals surface area contributed by atoms with Crippen molar-refractivity contribution in [3.63, 3.8) is 0 Å². The van der Waals surface area contributed by atoms with Crippen molar-refractivity contribution in [3.8, 4) is 0 Å². The van der Waals surface area contributed by atoms with Gasteiger partial charge in [-0.2, -0.15) is 43.9 Å². The van der Waals surface area contributed by atoms with Gasteiger partial charge in [0.25, 0.3) is 0 Å². The van der Waals surface area contributed by atoms with Gasteiger partial charge in [0.2, 0.25) is 0 Å². The molecule has 2 N–H and O–H groups in total. The van der Waals surface area contributed by atoms with Crippen molar-refractivity contribution in [2.24, 2.45) is 0 Å². The number of alkyl halides is 11. The first-order valence-corrected chi connectivity index (χ1v) is 4.04. The highest BCUT2D eigenvalue weighted by Gasteiger charge is 2.91. The summed E-state index contributed by atoms with van der Waals surface area (Å²) in [5.41, 5.74) is -7.69. The van der Waals surface area contributed by atoms with Gasteiger partial charge >= 0.3 is 37.4 Å². The Bertz CT molecular complexity index is 333. The van der Waals surface area contributed by atoms with Gasteiger partial charge in [-0.3, -0.25) is 0 Å². The van der Waals surface area contributed by atoms with Gasteiger partial charge in [-0.1, -0.05) is 0 Å². The van der Waals surface area contributed by atoms with Gasteiger partial charge < -0.3 is 14.7 Å². The molecule has 15 heteroatoms. The van der Waals surface area contributed by atoms with E-state index in [4.69, 9.17) is 10.0 Å². The molecule has 0 aromatic carbocycles. The van der Waals surface area contributed by atoms with Crippen LogP contribution in [0.2, 0.25) is 0 Å². The maximum atomic E-state index is 12.8. The molecular formula is C5H2BF11O3. The van der Waals surface area contributed by atoms with Crippen molar-refractivity contribution in [3.05, 3.63) is 0 Å². The molecule has 0 heterocycles. The molecule has 0 radical (unpaired) electrons. The number of hydrogen-bond acceptors (Lipinski definition) is 3. The van der Waals surface area contributed by atoms with Crippen molar-refractivity contribution >= 4 is 7.32 Å². The topological polar surface area (TPSA) is 49.7 Å². The quantitative estimate of drug-likeness (QED) is 0.613. The van der Waals surface area contributed by atoms with E-state index in [0.717, 1.165) is 0 Å². The second kappa shape index (κ2) is 4.87. The Morgan fingerprint density at radius 2 is 0.950 bits per heavy atom. The van der Waals surface area contributed by atoms with Gasteiger partial charge in [0.1, 0.15) is 0 Å². The zero-order chi connectivity index (χ0) is 16.8. The lowest BCUT2D eigenvalue weighted by Crippen LogP contribution is -2.71. The highest BCUT2D eigenvalue weighted by atomic mass is 19.4. The Balaban J connectivity index is 6.08. The van der Waals surface area contributed by atoms with Crippen LogP contribution in [0.25, 0.3) is 0 Å². The third-order valence-electron chi connectivity index (χ3n) is 1.83. The second-order valence-electron chi connectivity index (χ2n) is 3.19. The minimum atomic E-state index is -7.69. The average molecular weight is 330 g/mol. The number of halogens is 11. The summed E-state index contributed by atoms with van der Waals surface area (Å²) in [5, 5.41) is 15.5. The van der Waals surface area contributed by atoms with Crippen molar-refractivity contribution in [2.75, 3.05) is 0 Å². The molecule has 3 nitrogen and oxygen atoms in total. The van der Waals surface area contributed by atoms with E-state index in [0.29, 0.717) is 0 Å². The van der Waals surface area contributed by atoms with Gasteiger partial charge in [0.15, 0.2) is 0 Å². The SMILES string of the molecule is OB(O)OC(F)(F)C(F)(F)C(F)(C(F)(F)F)C(F)(F)F. The minimum Gasteiger partial charge on any atom is -0.402 e. The van der Waals surface area contributed by atoms with E-state index in [1.54, 1.807) is 0 Å². The first-order chi connectivity index (χ1) is 8.42. The maximum absolute atomic E-state index is 12.8. The van der Waals surface area contributed by atoms with Gasteiger partial charge in [-0.25, -0.2) is 4.39 Å². The minimum absolute atomic E-state index is 2.13. The van der Waals surface area contributed by atoms with Crippen molar-refractivity contribution in [2.45, 2.75) is 30.1 Å². The molecule has 0 unspecified atom stereocenters. The molecule has 0 rings (SSSR count). The summed E-state index contributed by atoms with van der Waals surface area (Å²) >= 11 is 0. The van der Waals surface area contributed by atoms with Gasteiger partial charge in [-0.05, 0) is 0 Å². The van der Waals surface area contributed by atoms with Crippen LogP contribution in [0.3, 0.4) is 0 Å². The highest BCUT2D eigenvalue weighted by molar-refractivity contribution is 6.32. The zero-order valence-electron chi connectivity index (χ0n) is 8.54. The summed E-state index contributed by atoms with van der Waals surface area (Å²) in [6.45, 7) is 0. The van der Waals surface area contributed by atoms with Crippen LogP contribution in [0.1, 0.15) is 0 Å². The molecule has 0 aliphatic carbocycles. The third kappa shape index (κ3) is 2.78. The molecule has 20 heavy (non-hydrogen) atoms. The predicted molar refractivity (Wildman–Crippen MR) is 37.1 cm³/mol. The van der Waals surface area contributed by atoms with Gasteiger partial charge in [-0.15, -0.1) is 0 Å². The predicted octanol–water partition coefficient (Wildman–Crippen LogP) is 2.03. The average Bonchev–Trinajstić information content (AvgIpc) is 2.09. The fraction of sp³-hybridized carbons (Fsp3) is 1.00. The largest absolute Gasteiger partial charge is 0.638 e. The van der Waals surface area contributed by atoms with E-state index < -0.39 is 37.4 Å². The van der Waals surface area contributed by atoms with Crippen LogP contribution < -0.4 is 0 Å². The Labute approximate surface area is 102 Å². The number of rotatable bonds is 4. The molecule has 0 bridgehead atoms. The summed E-state index contributed by atoms with van der Waals surface area (Å²) in [4.78, 5) is 0. The van der Waals surface area contributed by atoms with E-state index in [-0.39, 0.29) is 0 Å². The normalized spacial score (nSPS) is 15.4. The smallest absolute Gasteiger partial charge is 0.402 e. The van der Waals surface area contributed by atoms with Crippen molar-refractivity contribution < 1.29 is 63.0 Å². The van der Waals surface area contributed by atoms with Gasteiger partial charge in [0, 0.05) is 0 Å².